The van der Waals surface area contributed by atoms with Crippen molar-refractivity contribution in [3.05, 3.63) is 41.0 Å². The topological polar surface area (TPSA) is 105 Å². The molecule has 1 saturated heterocycles. The van der Waals surface area contributed by atoms with Crippen LogP contribution >= 0.6 is 0 Å². The molecule has 3 unspecified atom stereocenters. The molecule has 0 bridgehead atoms. The fourth-order valence-electron chi connectivity index (χ4n) is 4.52. The maximum Gasteiger partial charge on any atom is 0.223 e. The van der Waals surface area contributed by atoms with E-state index >= 15 is 0 Å². The van der Waals surface area contributed by atoms with Gasteiger partial charge in [0.05, 0.1) is 53.9 Å². The molecule has 0 saturated carbocycles. The van der Waals surface area contributed by atoms with Gasteiger partial charge in [-0.3, -0.25) is 4.79 Å². The normalized spacial score (nSPS) is 17.3. The molecule has 9 nitrogen and oxygen atoms in total. The van der Waals surface area contributed by atoms with Crippen molar-refractivity contribution < 1.29 is 38.3 Å². The van der Waals surface area contributed by atoms with Crippen molar-refractivity contribution in [3.63, 3.8) is 0 Å². The van der Waals surface area contributed by atoms with E-state index in [-0.39, 0.29) is 31.1 Å². The second-order valence-electron chi connectivity index (χ2n) is 8.78. The lowest BCUT2D eigenvalue weighted by molar-refractivity contribution is -0.122. The van der Waals surface area contributed by atoms with Crippen LogP contribution in [0, 0.1) is 12.3 Å². The highest BCUT2D eigenvalue weighted by Gasteiger charge is 2.32. The monoisotopic (exact) mass is 527 g/mol. The molecule has 38 heavy (non-hydrogen) atoms. The summed E-state index contributed by atoms with van der Waals surface area (Å²) in [4.78, 5) is 12.3. The molecule has 0 radical (unpaired) electrons. The van der Waals surface area contributed by atoms with Gasteiger partial charge in [-0.2, -0.15) is 0 Å². The van der Waals surface area contributed by atoms with E-state index < -0.39 is 6.04 Å². The van der Waals surface area contributed by atoms with E-state index in [1.165, 1.54) is 0 Å². The molecule has 9 heteroatoms. The van der Waals surface area contributed by atoms with Gasteiger partial charge in [0, 0.05) is 12.0 Å². The number of methoxy groups -OCH3 is 4. The lowest BCUT2D eigenvalue weighted by Crippen LogP contribution is -2.28. The summed E-state index contributed by atoms with van der Waals surface area (Å²) in [6.45, 7) is 2.18. The first-order valence-corrected chi connectivity index (χ1v) is 12.6. The van der Waals surface area contributed by atoms with Crippen molar-refractivity contribution in [3.8, 4) is 41.1 Å². The van der Waals surface area contributed by atoms with Crippen molar-refractivity contribution in [2.24, 2.45) is 0 Å². The van der Waals surface area contributed by atoms with Crippen LogP contribution in [0.2, 0.25) is 0 Å². The average molecular weight is 528 g/mol. The number of carbonyl (C=O) groups is 1. The third-order valence-corrected chi connectivity index (χ3v) is 6.35. The van der Waals surface area contributed by atoms with E-state index in [0.717, 1.165) is 30.4 Å². The lowest BCUT2D eigenvalue weighted by Gasteiger charge is -2.23. The Balaban J connectivity index is 1.97. The van der Waals surface area contributed by atoms with Gasteiger partial charge >= 0.3 is 0 Å². The summed E-state index contributed by atoms with van der Waals surface area (Å²) in [5.41, 5.74) is 2.36. The maximum atomic E-state index is 12.3. The maximum absolute atomic E-state index is 12.3. The third-order valence-electron chi connectivity index (χ3n) is 6.35. The van der Waals surface area contributed by atoms with Crippen LogP contribution in [0.25, 0.3) is 0 Å². The minimum Gasteiger partial charge on any atom is -0.493 e. The zero-order valence-electron chi connectivity index (χ0n) is 22.7. The molecule has 3 atom stereocenters. The summed E-state index contributed by atoms with van der Waals surface area (Å²) < 4.78 is 34.6. The van der Waals surface area contributed by atoms with E-state index in [2.05, 4.69) is 11.2 Å². The van der Waals surface area contributed by atoms with Crippen molar-refractivity contribution >= 4 is 5.91 Å². The second kappa shape index (κ2) is 13.8. The Morgan fingerprint density at radius 3 is 2.03 bits per heavy atom. The molecule has 1 amide bonds. The molecule has 2 aromatic rings. The first kappa shape index (κ1) is 29.0. The van der Waals surface area contributed by atoms with Crippen LogP contribution in [-0.4, -0.2) is 52.7 Å². The van der Waals surface area contributed by atoms with Crippen LogP contribution in [0.15, 0.2) is 24.3 Å². The van der Waals surface area contributed by atoms with Gasteiger partial charge in [0.2, 0.25) is 11.7 Å². The Morgan fingerprint density at radius 2 is 1.55 bits per heavy atom. The highest BCUT2D eigenvalue weighted by molar-refractivity contribution is 5.77. The largest absolute Gasteiger partial charge is 0.493 e. The zero-order valence-corrected chi connectivity index (χ0v) is 22.7. The van der Waals surface area contributed by atoms with E-state index in [9.17, 15) is 4.79 Å². The summed E-state index contributed by atoms with van der Waals surface area (Å²) in [7, 11) is 6.29. The number of ether oxygens (including phenoxy) is 6. The zero-order chi connectivity index (χ0) is 27.7. The number of hydrogen-bond acceptors (Lipinski definition) is 8. The first-order valence-electron chi connectivity index (χ1n) is 12.6. The Hall–Kier alpha value is -3.61. The highest BCUT2D eigenvalue weighted by Crippen LogP contribution is 2.48. The Kier molecular flexibility index (Phi) is 10.5. The second-order valence-corrected chi connectivity index (χ2v) is 8.78. The number of nitrogens with one attached hydrogen (secondary N) is 1. The lowest BCUT2D eigenvalue weighted by atomic mass is 9.97. The first-order chi connectivity index (χ1) is 18.4. The molecule has 0 aromatic heterocycles. The predicted octanol–water partition coefficient (Wildman–Crippen LogP) is 4.28. The van der Waals surface area contributed by atoms with E-state index in [1.807, 2.05) is 31.2 Å². The van der Waals surface area contributed by atoms with Gasteiger partial charge in [0.1, 0.15) is 6.04 Å². The Labute approximate surface area is 224 Å². The quantitative estimate of drug-likeness (QED) is 0.372. The van der Waals surface area contributed by atoms with E-state index in [0.29, 0.717) is 40.9 Å². The van der Waals surface area contributed by atoms with Gasteiger partial charge < -0.3 is 38.8 Å². The minimum absolute atomic E-state index is 0.0532. The van der Waals surface area contributed by atoms with Crippen LogP contribution in [0.4, 0.5) is 0 Å². The third kappa shape index (κ3) is 6.44. The molecular weight excluding hydrogens is 490 g/mol. The fourth-order valence-corrected chi connectivity index (χ4v) is 4.52. The molecule has 1 fully saturated rings. The van der Waals surface area contributed by atoms with Crippen LogP contribution < -0.4 is 29.0 Å². The van der Waals surface area contributed by atoms with Crippen LogP contribution in [0.1, 0.15) is 67.5 Å². The summed E-state index contributed by atoms with van der Waals surface area (Å²) >= 11 is 0. The molecule has 1 aliphatic heterocycles. The number of aliphatic hydroxyl groups is 1. The van der Waals surface area contributed by atoms with Crippen LogP contribution in [-0.2, 0) is 9.53 Å². The molecule has 0 spiro atoms. The van der Waals surface area contributed by atoms with Crippen molar-refractivity contribution in [2.45, 2.75) is 50.9 Å². The number of benzene rings is 2. The molecule has 2 aromatic carbocycles. The van der Waals surface area contributed by atoms with Gasteiger partial charge in [0.25, 0.3) is 0 Å². The fraction of sp³-hybridized carbons (Fsp3) is 0.483. The molecule has 1 heterocycles. The van der Waals surface area contributed by atoms with Crippen molar-refractivity contribution in [1.29, 1.82) is 0 Å². The Morgan fingerprint density at radius 1 is 1.00 bits per heavy atom. The molecular formula is C29H37NO8. The summed E-state index contributed by atoms with van der Waals surface area (Å²) in [5.74, 6) is 4.90. The molecule has 2 N–H and O–H groups in total. The number of aliphatic hydroxyl groups excluding tert-OH is 1. The van der Waals surface area contributed by atoms with Gasteiger partial charge in [-0.25, -0.2) is 0 Å². The van der Waals surface area contributed by atoms with Gasteiger partial charge in [-0.15, -0.1) is 6.42 Å². The smallest absolute Gasteiger partial charge is 0.223 e. The van der Waals surface area contributed by atoms with Crippen LogP contribution in [0.3, 0.4) is 0 Å². The van der Waals surface area contributed by atoms with E-state index in [4.69, 9.17) is 40.0 Å². The minimum atomic E-state index is -0.776. The summed E-state index contributed by atoms with van der Waals surface area (Å²) in [6.07, 6.45) is 7.62. The Bertz CT molecular complexity index is 1120. The van der Waals surface area contributed by atoms with Crippen molar-refractivity contribution in [1.82, 2.24) is 5.32 Å². The SMILES string of the molecule is C#CC(NC(=O)CCO)c1cc(C2CCC(c3cc(OC)c(OC)c(OC)c3)O2)cc(OC)c1OCCC. The number of rotatable bonds is 13. The molecule has 206 valence electrons. The highest BCUT2D eigenvalue weighted by atomic mass is 16.5. The molecule has 0 aliphatic carbocycles. The number of hydrogen-bond donors (Lipinski definition) is 2. The number of carbonyl (C=O) groups excluding carboxylic acids is 1. The van der Waals surface area contributed by atoms with E-state index in [1.54, 1.807) is 28.4 Å². The summed E-state index contributed by atoms with van der Waals surface area (Å²) in [6, 6.07) is 6.81. The van der Waals surface area contributed by atoms with Crippen molar-refractivity contribution in [2.75, 3.05) is 41.7 Å². The predicted molar refractivity (Wildman–Crippen MR) is 142 cm³/mol. The van der Waals surface area contributed by atoms with Gasteiger partial charge in [-0.05, 0) is 54.7 Å². The molecule has 1 aliphatic rings. The number of terminal acetylenes is 1. The van der Waals surface area contributed by atoms with Gasteiger partial charge in [-0.1, -0.05) is 12.8 Å². The van der Waals surface area contributed by atoms with Crippen LogP contribution in [0.5, 0.6) is 28.7 Å². The standard InChI is InChI=1S/C29H37NO8/c1-7-13-37-28-20(21(8-2)30-27(32)11-12-31)14-18(15-24(28)33-3)22-9-10-23(38-22)19-16-25(34-4)29(36-6)26(17-19)35-5/h2,14-17,21-23,31H,7,9-13H2,1,3-6H3,(H,30,32). The molecule has 3 rings (SSSR count). The van der Waals surface area contributed by atoms with Gasteiger partial charge in [0.15, 0.2) is 23.0 Å². The average Bonchev–Trinajstić information content (AvgIpc) is 3.44. The summed E-state index contributed by atoms with van der Waals surface area (Å²) in [5, 5.41) is 11.9. The number of amides is 1.